The zero-order valence-corrected chi connectivity index (χ0v) is 13.4. The SMILES string of the molecule is CN1CC(C(c2ccccc2Br)C2CCOCC2)C=N1. The summed E-state index contributed by atoms with van der Waals surface area (Å²) in [4.78, 5) is 0. The Morgan fingerprint density at radius 2 is 2.05 bits per heavy atom. The summed E-state index contributed by atoms with van der Waals surface area (Å²) in [5.41, 5.74) is 1.42. The molecular weight excluding hydrogens is 316 g/mol. The monoisotopic (exact) mass is 336 g/mol. The van der Waals surface area contributed by atoms with Gasteiger partial charge < -0.3 is 4.74 Å². The van der Waals surface area contributed by atoms with Gasteiger partial charge in [0.25, 0.3) is 0 Å². The number of hydrogen-bond donors (Lipinski definition) is 0. The molecule has 2 heterocycles. The summed E-state index contributed by atoms with van der Waals surface area (Å²) in [7, 11) is 2.05. The molecule has 0 aromatic heterocycles. The average Bonchev–Trinajstić information content (AvgIpc) is 2.89. The van der Waals surface area contributed by atoms with Crippen molar-refractivity contribution in [3.05, 3.63) is 34.3 Å². The third-order valence-electron chi connectivity index (χ3n) is 4.43. The van der Waals surface area contributed by atoms with Gasteiger partial charge >= 0.3 is 0 Å². The van der Waals surface area contributed by atoms with Gasteiger partial charge in [0.05, 0.1) is 0 Å². The molecule has 0 N–H and O–H groups in total. The molecule has 108 valence electrons. The third kappa shape index (κ3) is 2.91. The van der Waals surface area contributed by atoms with E-state index in [0.717, 1.165) is 32.6 Å². The number of rotatable bonds is 3. The van der Waals surface area contributed by atoms with E-state index in [1.54, 1.807) is 0 Å². The molecule has 2 unspecified atom stereocenters. The fourth-order valence-corrected chi connectivity index (χ4v) is 4.01. The quantitative estimate of drug-likeness (QED) is 0.843. The number of halogens is 1. The zero-order valence-electron chi connectivity index (χ0n) is 11.8. The molecule has 1 aromatic rings. The molecule has 0 spiro atoms. The number of ether oxygens (including phenoxy) is 1. The van der Waals surface area contributed by atoms with Gasteiger partial charge in [0, 0.05) is 43.4 Å². The van der Waals surface area contributed by atoms with E-state index < -0.39 is 0 Å². The maximum absolute atomic E-state index is 5.54. The Kier molecular flexibility index (Phi) is 4.41. The van der Waals surface area contributed by atoms with E-state index in [1.165, 1.54) is 10.0 Å². The normalized spacial score (nSPS) is 25.1. The van der Waals surface area contributed by atoms with Crippen LogP contribution in [0.15, 0.2) is 33.8 Å². The van der Waals surface area contributed by atoms with Gasteiger partial charge in [0.1, 0.15) is 0 Å². The minimum absolute atomic E-state index is 0.502. The number of nitrogens with zero attached hydrogens (tertiary/aromatic N) is 2. The number of benzene rings is 1. The van der Waals surface area contributed by atoms with Crippen molar-refractivity contribution in [2.24, 2.45) is 16.9 Å². The van der Waals surface area contributed by atoms with E-state index in [0.29, 0.717) is 17.8 Å². The van der Waals surface area contributed by atoms with Crippen LogP contribution in [0.4, 0.5) is 0 Å². The van der Waals surface area contributed by atoms with Crippen LogP contribution in [-0.4, -0.2) is 38.0 Å². The third-order valence-corrected chi connectivity index (χ3v) is 5.15. The Balaban J connectivity index is 1.90. The Labute approximate surface area is 129 Å². The van der Waals surface area contributed by atoms with Crippen molar-refractivity contribution in [2.75, 3.05) is 26.8 Å². The first-order valence-electron chi connectivity index (χ1n) is 7.33. The molecule has 2 atom stereocenters. The van der Waals surface area contributed by atoms with Crippen molar-refractivity contribution in [3.63, 3.8) is 0 Å². The predicted molar refractivity (Wildman–Crippen MR) is 85.0 cm³/mol. The summed E-state index contributed by atoms with van der Waals surface area (Å²) in [5, 5.41) is 6.50. The summed E-state index contributed by atoms with van der Waals surface area (Å²) < 4.78 is 6.77. The van der Waals surface area contributed by atoms with Crippen molar-refractivity contribution in [3.8, 4) is 0 Å². The Morgan fingerprint density at radius 1 is 1.30 bits per heavy atom. The summed E-state index contributed by atoms with van der Waals surface area (Å²) in [6, 6.07) is 8.64. The lowest BCUT2D eigenvalue weighted by atomic mass is 9.74. The lowest BCUT2D eigenvalue weighted by molar-refractivity contribution is 0.0532. The maximum atomic E-state index is 5.54. The zero-order chi connectivity index (χ0) is 13.9. The molecule has 0 bridgehead atoms. The second-order valence-corrected chi connectivity index (χ2v) is 6.62. The van der Waals surface area contributed by atoms with Crippen molar-refractivity contribution >= 4 is 22.1 Å². The van der Waals surface area contributed by atoms with Crippen LogP contribution in [-0.2, 0) is 4.74 Å². The van der Waals surface area contributed by atoms with Crippen LogP contribution in [0.25, 0.3) is 0 Å². The molecule has 4 heteroatoms. The second kappa shape index (κ2) is 6.27. The molecule has 0 aliphatic carbocycles. The highest BCUT2D eigenvalue weighted by Crippen LogP contribution is 2.41. The Hall–Kier alpha value is -0.870. The molecule has 20 heavy (non-hydrogen) atoms. The Morgan fingerprint density at radius 3 is 2.70 bits per heavy atom. The van der Waals surface area contributed by atoms with Crippen molar-refractivity contribution in [1.82, 2.24) is 5.01 Å². The number of hydrazone groups is 1. The molecule has 3 nitrogen and oxygen atoms in total. The van der Waals surface area contributed by atoms with Gasteiger partial charge in [-0.25, -0.2) is 0 Å². The van der Waals surface area contributed by atoms with Crippen LogP contribution in [0.5, 0.6) is 0 Å². The predicted octanol–water partition coefficient (Wildman–Crippen LogP) is 3.51. The average molecular weight is 337 g/mol. The van der Waals surface area contributed by atoms with Crippen molar-refractivity contribution in [1.29, 1.82) is 0 Å². The van der Waals surface area contributed by atoms with E-state index in [-0.39, 0.29) is 0 Å². The van der Waals surface area contributed by atoms with Crippen LogP contribution < -0.4 is 0 Å². The summed E-state index contributed by atoms with van der Waals surface area (Å²) in [6.07, 6.45) is 4.44. The number of hydrogen-bond acceptors (Lipinski definition) is 3. The largest absolute Gasteiger partial charge is 0.381 e. The highest BCUT2D eigenvalue weighted by molar-refractivity contribution is 9.10. The van der Waals surface area contributed by atoms with Crippen LogP contribution in [0, 0.1) is 11.8 Å². The lowest BCUT2D eigenvalue weighted by Crippen LogP contribution is -2.30. The van der Waals surface area contributed by atoms with E-state index in [1.807, 2.05) is 5.01 Å². The Bertz CT molecular complexity index is 485. The second-order valence-electron chi connectivity index (χ2n) is 5.77. The van der Waals surface area contributed by atoms with Crippen molar-refractivity contribution < 1.29 is 4.74 Å². The van der Waals surface area contributed by atoms with E-state index in [9.17, 15) is 0 Å². The minimum Gasteiger partial charge on any atom is -0.381 e. The van der Waals surface area contributed by atoms with Crippen LogP contribution in [0.2, 0.25) is 0 Å². The fourth-order valence-electron chi connectivity index (χ4n) is 3.46. The van der Waals surface area contributed by atoms with Gasteiger partial charge in [-0.1, -0.05) is 34.1 Å². The highest BCUT2D eigenvalue weighted by Gasteiger charge is 2.34. The van der Waals surface area contributed by atoms with Gasteiger partial charge in [0.15, 0.2) is 0 Å². The summed E-state index contributed by atoms with van der Waals surface area (Å²) >= 11 is 3.74. The van der Waals surface area contributed by atoms with Gasteiger partial charge in [-0.2, -0.15) is 5.10 Å². The molecule has 1 fully saturated rings. The molecule has 2 aliphatic rings. The van der Waals surface area contributed by atoms with Gasteiger partial charge in [-0.15, -0.1) is 0 Å². The van der Waals surface area contributed by atoms with Crippen molar-refractivity contribution in [2.45, 2.75) is 18.8 Å². The van der Waals surface area contributed by atoms with Crippen LogP contribution in [0.1, 0.15) is 24.3 Å². The smallest absolute Gasteiger partial charge is 0.0468 e. The van der Waals surface area contributed by atoms with Gasteiger partial charge in [-0.3, -0.25) is 5.01 Å². The summed E-state index contributed by atoms with van der Waals surface area (Å²) in [5.74, 6) is 1.72. The molecule has 0 amide bonds. The first-order valence-corrected chi connectivity index (χ1v) is 8.12. The van der Waals surface area contributed by atoms with Crippen LogP contribution >= 0.6 is 15.9 Å². The fraction of sp³-hybridized carbons (Fsp3) is 0.562. The summed E-state index contributed by atoms with van der Waals surface area (Å²) in [6.45, 7) is 2.81. The van der Waals surface area contributed by atoms with Gasteiger partial charge in [0.2, 0.25) is 0 Å². The molecule has 0 saturated carbocycles. The molecule has 1 aromatic carbocycles. The topological polar surface area (TPSA) is 24.8 Å². The van der Waals surface area contributed by atoms with Gasteiger partial charge in [-0.05, 0) is 36.3 Å². The molecule has 3 rings (SSSR count). The van der Waals surface area contributed by atoms with Crippen LogP contribution in [0.3, 0.4) is 0 Å². The highest BCUT2D eigenvalue weighted by atomic mass is 79.9. The van der Waals surface area contributed by atoms with E-state index in [2.05, 4.69) is 58.6 Å². The lowest BCUT2D eigenvalue weighted by Gasteiger charge is -2.34. The molecule has 0 radical (unpaired) electrons. The first kappa shape index (κ1) is 14.1. The van der Waals surface area contributed by atoms with E-state index in [4.69, 9.17) is 4.74 Å². The maximum Gasteiger partial charge on any atom is 0.0468 e. The standard InChI is InChI=1S/C16H21BrN2O/c1-19-11-13(10-18-19)16(12-6-8-20-9-7-12)14-4-2-3-5-15(14)17/h2-5,10,12-13,16H,6-9,11H2,1H3. The first-order chi connectivity index (χ1) is 9.75. The molecule has 1 saturated heterocycles. The molecular formula is C16H21BrN2O. The van der Waals surface area contributed by atoms with E-state index >= 15 is 0 Å². The minimum atomic E-state index is 0.502. The molecule has 2 aliphatic heterocycles.